The van der Waals surface area contributed by atoms with Crippen LogP contribution in [0, 0.1) is 0 Å². The van der Waals surface area contributed by atoms with E-state index in [0.29, 0.717) is 6.04 Å². The molecule has 3 rings (SSSR count). The van der Waals surface area contributed by atoms with Crippen molar-refractivity contribution in [1.29, 1.82) is 0 Å². The minimum Gasteiger partial charge on any atom is -0.487 e. The van der Waals surface area contributed by atoms with Gasteiger partial charge in [-0.2, -0.15) is 0 Å². The number of hydrogen-bond donors (Lipinski definition) is 1. The summed E-state index contributed by atoms with van der Waals surface area (Å²) < 4.78 is 6.29. The van der Waals surface area contributed by atoms with Crippen LogP contribution in [-0.2, 0) is 6.42 Å². The third-order valence-electron chi connectivity index (χ3n) is 3.90. The van der Waals surface area contributed by atoms with Crippen molar-refractivity contribution in [2.24, 2.45) is 0 Å². The number of aryl methyl sites for hydroxylation is 1. The molecule has 2 heterocycles. The van der Waals surface area contributed by atoms with E-state index in [1.165, 1.54) is 18.4 Å². The number of ether oxygens (including phenoxy) is 1. The van der Waals surface area contributed by atoms with Gasteiger partial charge in [0.2, 0.25) is 0 Å². The maximum atomic E-state index is 6.29. The lowest BCUT2D eigenvalue weighted by molar-refractivity contribution is 0.00503. The quantitative estimate of drug-likeness (QED) is 0.721. The largest absolute Gasteiger partial charge is 0.487 e. The lowest BCUT2D eigenvalue weighted by atomic mass is 9.81. The van der Waals surface area contributed by atoms with Crippen LogP contribution in [0.1, 0.15) is 31.7 Å². The van der Waals surface area contributed by atoms with Crippen LogP contribution >= 0.6 is 0 Å². The predicted molar refractivity (Wildman–Crippen MR) is 64.8 cm³/mol. The fourth-order valence-corrected chi connectivity index (χ4v) is 3.06. The number of rotatable bonds is 0. The Bertz CT molecular complexity index is 390. The third kappa shape index (κ3) is 1.71. The van der Waals surface area contributed by atoms with Crippen molar-refractivity contribution in [3.8, 4) is 5.75 Å². The van der Waals surface area contributed by atoms with Crippen LogP contribution in [0.3, 0.4) is 0 Å². The summed E-state index contributed by atoms with van der Waals surface area (Å²) in [5.41, 5.74) is 1.48. The fraction of sp³-hybridized carbons (Fsp3) is 0.571. The van der Waals surface area contributed by atoms with E-state index in [1.54, 1.807) is 0 Å². The summed E-state index contributed by atoms with van der Waals surface area (Å²) in [6, 6.07) is 9.06. The van der Waals surface area contributed by atoms with Gasteiger partial charge in [-0.05, 0) is 44.4 Å². The molecule has 2 nitrogen and oxygen atoms in total. The first-order chi connectivity index (χ1) is 7.77. The molecule has 86 valence electrons. The number of hydrogen-bond acceptors (Lipinski definition) is 2. The lowest BCUT2D eigenvalue weighted by Gasteiger charge is -2.43. The molecule has 0 saturated carbocycles. The maximum absolute atomic E-state index is 6.29. The summed E-state index contributed by atoms with van der Waals surface area (Å²) in [5.74, 6) is 1.11. The molecule has 1 aromatic rings. The molecule has 0 amide bonds. The van der Waals surface area contributed by atoms with E-state index in [-0.39, 0.29) is 5.60 Å². The summed E-state index contributed by atoms with van der Waals surface area (Å²) in [6.07, 6.45) is 4.63. The van der Waals surface area contributed by atoms with Gasteiger partial charge in [-0.1, -0.05) is 18.2 Å². The Kier molecular flexibility index (Phi) is 2.40. The second-order valence-corrected chi connectivity index (χ2v) is 5.20. The summed E-state index contributed by atoms with van der Waals surface area (Å²) in [4.78, 5) is 0. The summed E-state index contributed by atoms with van der Waals surface area (Å²) in [5, 5.41) is 3.50. The van der Waals surface area contributed by atoms with Crippen molar-refractivity contribution in [2.45, 2.75) is 44.2 Å². The zero-order valence-electron chi connectivity index (χ0n) is 9.83. The Hall–Kier alpha value is -1.02. The third-order valence-corrected chi connectivity index (χ3v) is 3.90. The first-order valence-corrected chi connectivity index (χ1v) is 6.28. The average Bonchev–Trinajstić information content (AvgIpc) is 2.28. The van der Waals surface area contributed by atoms with Crippen molar-refractivity contribution in [2.75, 3.05) is 6.54 Å². The Labute approximate surface area is 97.0 Å². The van der Waals surface area contributed by atoms with Crippen LogP contribution < -0.4 is 10.1 Å². The Morgan fingerprint density at radius 1 is 1.31 bits per heavy atom. The van der Waals surface area contributed by atoms with Gasteiger partial charge in [0, 0.05) is 12.5 Å². The van der Waals surface area contributed by atoms with Crippen molar-refractivity contribution >= 4 is 0 Å². The Balaban J connectivity index is 1.86. The number of benzene rings is 1. The molecule has 1 aromatic carbocycles. The van der Waals surface area contributed by atoms with Gasteiger partial charge in [0.15, 0.2) is 0 Å². The van der Waals surface area contributed by atoms with Crippen LogP contribution in [-0.4, -0.2) is 18.2 Å². The highest BCUT2D eigenvalue weighted by atomic mass is 16.5. The van der Waals surface area contributed by atoms with E-state index in [0.717, 1.165) is 25.1 Å². The van der Waals surface area contributed by atoms with Gasteiger partial charge < -0.3 is 10.1 Å². The van der Waals surface area contributed by atoms with Crippen LogP contribution in [0.5, 0.6) is 5.75 Å². The smallest absolute Gasteiger partial charge is 0.123 e. The van der Waals surface area contributed by atoms with E-state index >= 15 is 0 Å². The Morgan fingerprint density at radius 2 is 2.19 bits per heavy atom. The van der Waals surface area contributed by atoms with Gasteiger partial charge in [-0.3, -0.25) is 0 Å². The average molecular weight is 217 g/mol. The molecule has 1 fully saturated rings. The van der Waals surface area contributed by atoms with Crippen LogP contribution in [0.2, 0.25) is 0 Å². The molecule has 0 aromatic heterocycles. The molecule has 1 spiro atoms. The zero-order chi connectivity index (χ0) is 11.0. The number of fused-ring (bicyclic) bond motifs is 1. The van der Waals surface area contributed by atoms with Crippen molar-refractivity contribution in [1.82, 2.24) is 5.32 Å². The molecule has 1 N–H and O–H groups in total. The van der Waals surface area contributed by atoms with Crippen LogP contribution in [0.15, 0.2) is 24.3 Å². The highest BCUT2D eigenvalue weighted by molar-refractivity contribution is 5.36. The van der Waals surface area contributed by atoms with E-state index < -0.39 is 0 Å². The van der Waals surface area contributed by atoms with Gasteiger partial charge in [0.25, 0.3) is 0 Å². The molecule has 2 heteroatoms. The van der Waals surface area contributed by atoms with E-state index in [4.69, 9.17) is 4.74 Å². The first-order valence-electron chi connectivity index (χ1n) is 6.28. The molecule has 2 aliphatic rings. The standard InChI is InChI=1S/C14H19NO/c1-11-10-14(8-9-15-11)7-6-12-4-2-3-5-13(12)16-14/h2-5,11,15H,6-10H2,1H3/t11-,14-/m1/s1. The van der Waals surface area contributed by atoms with Gasteiger partial charge in [0.1, 0.15) is 11.4 Å². The summed E-state index contributed by atoms with van der Waals surface area (Å²) >= 11 is 0. The van der Waals surface area contributed by atoms with E-state index in [2.05, 4.69) is 36.5 Å². The SMILES string of the molecule is C[C@@H]1C[C@]2(CCN1)CCc1ccccc1O2. The summed E-state index contributed by atoms with van der Waals surface area (Å²) in [7, 11) is 0. The highest BCUT2D eigenvalue weighted by Crippen LogP contribution is 2.38. The minimum absolute atomic E-state index is 0.110. The molecule has 0 aliphatic carbocycles. The normalized spacial score (nSPS) is 33.2. The Morgan fingerprint density at radius 3 is 3.06 bits per heavy atom. The van der Waals surface area contributed by atoms with Crippen LogP contribution in [0.4, 0.5) is 0 Å². The van der Waals surface area contributed by atoms with E-state index in [9.17, 15) is 0 Å². The number of nitrogens with one attached hydrogen (secondary N) is 1. The van der Waals surface area contributed by atoms with Crippen molar-refractivity contribution in [3.05, 3.63) is 29.8 Å². The van der Waals surface area contributed by atoms with E-state index in [1.807, 2.05) is 0 Å². The van der Waals surface area contributed by atoms with Crippen molar-refractivity contribution in [3.63, 3.8) is 0 Å². The monoisotopic (exact) mass is 217 g/mol. The topological polar surface area (TPSA) is 21.3 Å². The fourth-order valence-electron chi connectivity index (χ4n) is 3.06. The summed E-state index contributed by atoms with van der Waals surface area (Å²) in [6.45, 7) is 3.34. The maximum Gasteiger partial charge on any atom is 0.123 e. The molecule has 0 radical (unpaired) electrons. The molecule has 0 unspecified atom stereocenters. The molecular weight excluding hydrogens is 198 g/mol. The van der Waals surface area contributed by atoms with Gasteiger partial charge in [-0.25, -0.2) is 0 Å². The first kappa shape index (κ1) is 10.2. The van der Waals surface area contributed by atoms with Gasteiger partial charge >= 0.3 is 0 Å². The number of para-hydroxylation sites is 1. The minimum atomic E-state index is 0.110. The predicted octanol–water partition coefficient (Wildman–Crippen LogP) is 2.52. The van der Waals surface area contributed by atoms with Crippen molar-refractivity contribution < 1.29 is 4.74 Å². The molecule has 0 bridgehead atoms. The lowest BCUT2D eigenvalue weighted by Crippen LogP contribution is -2.51. The second kappa shape index (κ2) is 3.77. The zero-order valence-corrected chi connectivity index (χ0v) is 9.83. The van der Waals surface area contributed by atoms with Crippen LogP contribution in [0.25, 0.3) is 0 Å². The van der Waals surface area contributed by atoms with Gasteiger partial charge in [-0.15, -0.1) is 0 Å². The molecule has 2 aliphatic heterocycles. The number of piperidine rings is 1. The molecule has 16 heavy (non-hydrogen) atoms. The highest BCUT2D eigenvalue weighted by Gasteiger charge is 2.39. The second-order valence-electron chi connectivity index (χ2n) is 5.20. The van der Waals surface area contributed by atoms with Gasteiger partial charge in [0.05, 0.1) is 0 Å². The molecule has 1 saturated heterocycles. The molecule has 2 atom stereocenters. The molecular formula is C14H19NO.